The largest absolute Gasteiger partial charge is 0.489 e. The van der Waals surface area contributed by atoms with Gasteiger partial charge in [0.2, 0.25) is 0 Å². The normalized spacial score (nSPS) is 10.9. The van der Waals surface area contributed by atoms with Crippen LogP contribution in [0.2, 0.25) is 0 Å². The maximum atomic E-state index is 6.13. The second-order valence-electron chi connectivity index (χ2n) is 5.78. The van der Waals surface area contributed by atoms with E-state index in [2.05, 4.69) is 39.1 Å². The average molecular weight is 385 g/mol. The zero-order valence-electron chi connectivity index (χ0n) is 13.5. The zero-order chi connectivity index (χ0) is 16.8. The summed E-state index contributed by atoms with van der Waals surface area (Å²) in [4.78, 5) is 4.50. The minimum Gasteiger partial charge on any atom is -0.489 e. The number of hydrogen-bond acceptors (Lipinski definition) is 3. The Hall–Kier alpha value is -1.91. The molecule has 124 valence electrons. The summed E-state index contributed by atoms with van der Waals surface area (Å²) in [6, 6.07) is 16.4. The van der Waals surface area contributed by atoms with Crippen LogP contribution in [0.1, 0.15) is 24.0 Å². The molecule has 3 nitrogen and oxygen atoms in total. The van der Waals surface area contributed by atoms with Gasteiger partial charge in [-0.1, -0.05) is 30.3 Å². The summed E-state index contributed by atoms with van der Waals surface area (Å²) < 4.78 is 7.11. The van der Waals surface area contributed by atoms with E-state index in [1.165, 1.54) is 5.56 Å². The molecule has 0 aliphatic heterocycles. The van der Waals surface area contributed by atoms with E-state index < -0.39 is 0 Å². The van der Waals surface area contributed by atoms with Crippen LogP contribution in [0.25, 0.3) is 10.9 Å². The highest BCUT2D eigenvalue weighted by Crippen LogP contribution is 2.31. The summed E-state index contributed by atoms with van der Waals surface area (Å²) in [6.45, 7) is 1.28. The number of fused-ring (bicyclic) bond motifs is 1. The van der Waals surface area contributed by atoms with Gasteiger partial charge in [0.05, 0.1) is 5.52 Å². The molecule has 1 heterocycles. The van der Waals surface area contributed by atoms with Crippen LogP contribution in [0.15, 0.2) is 59.2 Å². The van der Waals surface area contributed by atoms with Crippen LogP contribution >= 0.6 is 15.9 Å². The van der Waals surface area contributed by atoms with E-state index in [1.54, 1.807) is 0 Å². The van der Waals surface area contributed by atoms with Crippen molar-refractivity contribution in [2.45, 2.75) is 25.9 Å². The predicted octanol–water partition coefficient (Wildman–Crippen LogP) is 4.86. The third kappa shape index (κ3) is 4.13. The standard InChI is InChI=1S/C20H21BrN2O/c21-16-12-18-17(8-4-5-11-22)20(10-9-19(18)23-13-16)24-14-15-6-2-1-3-7-15/h1-3,6-7,9-10,12-13H,4-5,8,11,14,22H2. The van der Waals surface area contributed by atoms with Gasteiger partial charge in [-0.2, -0.15) is 0 Å². The second-order valence-corrected chi connectivity index (χ2v) is 6.70. The predicted molar refractivity (Wildman–Crippen MR) is 102 cm³/mol. The summed E-state index contributed by atoms with van der Waals surface area (Å²) in [5, 5.41) is 1.15. The van der Waals surface area contributed by atoms with Gasteiger partial charge in [0.1, 0.15) is 12.4 Å². The van der Waals surface area contributed by atoms with E-state index in [9.17, 15) is 0 Å². The van der Waals surface area contributed by atoms with E-state index in [0.717, 1.165) is 46.0 Å². The van der Waals surface area contributed by atoms with Gasteiger partial charge in [0.15, 0.2) is 0 Å². The Morgan fingerprint density at radius 2 is 1.88 bits per heavy atom. The highest BCUT2D eigenvalue weighted by atomic mass is 79.9. The van der Waals surface area contributed by atoms with Crippen LogP contribution in [0.3, 0.4) is 0 Å². The van der Waals surface area contributed by atoms with E-state index in [-0.39, 0.29) is 0 Å². The van der Waals surface area contributed by atoms with Gasteiger partial charge in [-0.05, 0) is 65.5 Å². The molecule has 0 fully saturated rings. The maximum absolute atomic E-state index is 6.13. The first kappa shape index (κ1) is 16.9. The second kappa shape index (κ2) is 8.27. The van der Waals surface area contributed by atoms with Crippen molar-refractivity contribution in [2.75, 3.05) is 6.54 Å². The molecule has 0 spiro atoms. The van der Waals surface area contributed by atoms with Crippen molar-refractivity contribution in [3.05, 3.63) is 70.3 Å². The number of aryl methyl sites for hydroxylation is 1. The minimum atomic E-state index is 0.567. The molecule has 0 amide bonds. The molecule has 0 aliphatic rings. The molecule has 0 atom stereocenters. The third-order valence-electron chi connectivity index (χ3n) is 4.02. The van der Waals surface area contributed by atoms with Crippen LogP contribution in [0.4, 0.5) is 0 Å². The van der Waals surface area contributed by atoms with Crippen molar-refractivity contribution in [2.24, 2.45) is 5.73 Å². The number of benzene rings is 2. The van der Waals surface area contributed by atoms with Crippen LogP contribution in [-0.4, -0.2) is 11.5 Å². The minimum absolute atomic E-state index is 0.567. The number of halogens is 1. The van der Waals surface area contributed by atoms with Crippen LogP contribution in [0, 0.1) is 0 Å². The first-order valence-corrected chi connectivity index (χ1v) is 9.01. The molecular formula is C20H21BrN2O. The van der Waals surface area contributed by atoms with Crippen molar-refractivity contribution >= 4 is 26.8 Å². The Morgan fingerprint density at radius 1 is 1.04 bits per heavy atom. The number of nitrogens with zero attached hydrogens (tertiary/aromatic N) is 1. The van der Waals surface area contributed by atoms with Gasteiger partial charge in [-0.3, -0.25) is 4.98 Å². The Bertz CT molecular complexity index is 805. The highest BCUT2D eigenvalue weighted by Gasteiger charge is 2.10. The van der Waals surface area contributed by atoms with Crippen LogP contribution < -0.4 is 10.5 Å². The summed E-state index contributed by atoms with van der Waals surface area (Å²) in [7, 11) is 0. The van der Waals surface area contributed by atoms with E-state index in [1.807, 2.05) is 36.5 Å². The fourth-order valence-corrected chi connectivity index (χ4v) is 3.12. The van der Waals surface area contributed by atoms with Gasteiger partial charge < -0.3 is 10.5 Å². The average Bonchev–Trinajstić information content (AvgIpc) is 2.62. The van der Waals surface area contributed by atoms with Crippen molar-refractivity contribution in [1.29, 1.82) is 0 Å². The van der Waals surface area contributed by atoms with Crippen molar-refractivity contribution in [3.63, 3.8) is 0 Å². The van der Waals surface area contributed by atoms with E-state index >= 15 is 0 Å². The monoisotopic (exact) mass is 384 g/mol. The summed E-state index contributed by atoms with van der Waals surface area (Å²) in [6.07, 6.45) is 4.83. The third-order valence-corrected chi connectivity index (χ3v) is 4.45. The number of ether oxygens (including phenoxy) is 1. The van der Waals surface area contributed by atoms with Crippen molar-refractivity contribution in [1.82, 2.24) is 4.98 Å². The molecule has 0 saturated carbocycles. The Morgan fingerprint density at radius 3 is 2.67 bits per heavy atom. The lowest BCUT2D eigenvalue weighted by atomic mass is 10.0. The topological polar surface area (TPSA) is 48.1 Å². The number of aromatic nitrogens is 1. The number of hydrogen-bond donors (Lipinski definition) is 1. The zero-order valence-corrected chi connectivity index (χ0v) is 15.1. The molecule has 4 heteroatoms. The van der Waals surface area contributed by atoms with Crippen LogP contribution in [-0.2, 0) is 13.0 Å². The fourth-order valence-electron chi connectivity index (χ4n) is 2.79. The molecule has 0 radical (unpaired) electrons. The smallest absolute Gasteiger partial charge is 0.123 e. The Labute approximate surface area is 151 Å². The molecule has 0 aliphatic carbocycles. The lowest BCUT2D eigenvalue weighted by Gasteiger charge is -2.14. The molecule has 3 rings (SSSR count). The first-order valence-electron chi connectivity index (χ1n) is 8.22. The van der Waals surface area contributed by atoms with Crippen molar-refractivity contribution < 1.29 is 4.74 Å². The molecule has 1 aromatic heterocycles. The Balaban J connectivity index is 1.91. The molecular weight excluding hydrogens is 364 g/mol. The Kier molecular flexibility index (Phi) is 5.83. The quantitative estimate of drug-likeness (QED) is 0.591. The van der Waals surface area contributed by atoms with E-state index in [0.29, 0.717) is 13.2 Å². The van der Waals surface area contributed by atoms with E-state index in [4.69, 9.17) is 10.5 Å². The van der Waals surface area contributed by atoms with Gasteiger partial charge >= 0.3 is 0 Å². The highest BCUT2D eigenvalue weighted by molar-refractivity contribution is 9.10. The van der Waals surface area contributed by atoms with Crippen LogP contribution in [0.5, 0.6) is 5.75 Å². The number of rotatable bonds is 7. The molecule has 24 heavy (non-hydrogen) atoms. The molecule has 0 saturated heterocycles. The number of unbranched alkanes of at least 4 members (excludes halogenated alkanes) is 1. The summed E-state index contributed by atoms with van der Waals surface area (Å²) in [5.41, 5.74) is 9.02. The van der Waals surface area contributed by atoms with Gasteiger partial charge in [0.25, 0.3) is 0 Å². The molecule has 3 aromatic rings. The maximum Gasteiger partial charge on any atom is 0.123 e. The van der Waals surface area contributed by atoms with Gasteiger partial charge in [-0.25, -0.2) is 0 Å². The molecule has 2 N–H and O–H groups in total. The van der Waals surface area contributed by atoms with Gasteiger partial charge in [0, 0.05) is 21.6 Å². The molecule has 0 unspecified atom stereocenters. The summed E-state index contributed by atoms with van der Waals surface area (Å²) >= 11 is 3.53. The first-order chi connectivity index (χ1) is 11.8. The number of pyridine rings is 1. The number of nitrogens with two attached hydrogens (primary N) is 1. The van der Waals surface area contributed by atoms with Crippen molar-refractivity contribution in [3.8, 4) is 5.75 Å². The lowest BCUT2D eigenvalue weighted by Crippen LogP contribution is -2.02. The fraction of sp³-hybridized carbons (Fsp3) is 0.250. The molecule has 0 bridgehead atoms. The SMILES string of the molecule is NCCCCc1c(OCc2ccccc2)ccc2ncc(Br)cc12. The molecule has 2 aromatic carbocycles. The lowest BCUT2D eigenvalue weighted by molar-refractivity contribution is 0.303. The van der Waals surface area contributed by atoms with Gasteiger partial charge in [-0.15, -0.1) is 0 Å². The summed E-state index contributed by atoms with van der Waals surface area (Å²) in [5.74, 6) is 0.934.